The van der Waals surface area contributed by atoms with Crippen molar-refractivity contribution in [2.24, 2.45) is 5.14 Å². The highest BCUT2D eigenvalue weighted by molar-refractivity contribution is 7.89. The van der Waals surface area contributed by atoms with Gasteiger partial charge in [-0.2, -0.15) is 0 Å². The summed E-state index contributed by atoms with van der Waals surface area (Å²) in [4.78, 5) is 11.8. The molecule has 0 heterocycles. The summed E-state index contributed by atoms with van der Waals surface area (Å²) in [5.41, 5.74) is 0.746. The first-order valence-electron chi connectivity index (χ1n) is 6.88. The molecule has 0 radical (unpaired) electrons. The summed E-state index contributed by atoms with van der Waals surface area (Å²) in [7, 11) is -3.96. The maximum Gasteiger partial charge on any atom is 0.251 e. The Labute approximate surface area is 130 Å². The Morgan fingerprint density at radius 2 is 1.95 bits per heavy atom. The van der Waals surface area contributed by atoms with Crippen LogP contribution in [0, 0.1) is 6.92 Å². The quantitative estimate of drug-likeness (QED) is 0.752. The molecule has 1 amide bonds. The molecular formula is C14H21ClN2O3S. The van der Waals surface area contributed by atoms with E-state index >= 15 is 0 Å². The average molecular weight is 333 g/mol. The minimum Gasteiger partial charge on any atom is -0.352 e. The Balaban J connectivity index is 2.84. The van der Waals surface area contributed by atoms with Crippen molar-refractivity contribution >= 4 is 27.5 Å². The monoisotopic (exact) mass is 332 g/mol. The molecule has 0 saturated heterocycles. The first-order chi connectivity index (χ1) is 9.77. The van der Waals surface area contributed by atoms with Crippen molar-refractivity contribution in [2.45, 2.75) is 44.4 Å². The molecule has 1 aromatic rings. The molecule has 0 spiro atoms. The molecule has 0 fully saturated rings. The number of halogens is 1. The number of rotatable bonds is 7. The summed E-state index contributed by atoms with van der Waals surface area (Å²) in [6, 6.07) is 2.77. The summed E-state index contributed by atoms with van der Waals surface area (Å²) in [5, 5.41) is 7.92. The Morgan fingerprint density at radius 1 is 1.29 bits per heavy atom. The van der Waals surface area contributed by atoms with Gasteiger partial charge in [0.05, 0.1) is 5.02 Å². The van der Waals surface area contributed by atoms with Crippen LogP contribution in [0.15, 0.2) is 17.0 Å². The number of amides is 1. The molecule has 0 aromatic heterocycles. The van der Waals surface area contributed by atoms with Gasteiger partial charge >= 0.3 is 0 Å². The molecule has 1 aromatic carbocycles. The number of sulfonamides is 1. The summed E-state index contributed by atoms with van der Waals surface area (Å²) >= 11 is 5.93. The maximum atomic E-state index is 12.0. The van der Waals surface area contributed by atoms with Crippen molar-refractivity contribution in [3.05, 3.63) is 28.3 Å². The van der Waals surface area contributed by atoms with E-state index in [1.165, 1.54) is 6.07 Å². The molecule has 0 aliphatic carbocycles. The van der Waals surface area contributed by atoms with Gasteiger partial charge in [-0.15, -0.1) is 0 Å². The fraction of sp³-hybridized carbons (Fsp3) is 0.500. The Bertz CT molecular complexity index is 615. The van der Waals surface area contributed by atoms with E-state index < -0.39 is 10.0 Å². The van der Waals surface area contributed by atoms with Crippen LogP contribution in [-0.4, -0.2) is 20.9 Å². The van der Waals surface area contributed by atoms with E-state index in [0.29, 0.717) is 12.1 Å². The molecule has 0 aliphatic rings. The number of unbranched alkanes of at least 4 members (excludes halogenated alkanes) is 3. The first-order valence-corrected chi connectivity index (χ1v) is 8.81. The average Bonchev–Trinajstić information content (AvgIpc) is 2.39. The fourth-order valence-electron chi connectivity index (χ4n) is 1.93. The highest BCUT2D eigenvalue weighted by Crippen LogP contribution is 2.25. The lowest BCUT2D eigenvalue weighted by molar-refractivity contribution is 0.0952. The lowest BCUT2D eigenvalue weighted by atomic mass is 10.1. The summed E-state index contributed by atoms with van der Waals surface area (Å²) < 4.78 is 22.9. The smallest absolute Gasteiger partial charge is 0.251 e. The van der Waals surface area contributed by atoms with Crippen LogP contribution >= 0.6 is 11.6 Å². The molecular weight excluding hydrogens is 312 g/mol. The molecule has 1 rings (SSSR count). The zero-order valence-corrected chi connectivity index (χ0v) is 13.9. The van der Waals surface area contributed by atoms with Crippen molar-refractivity contribution in [3.63, 3.8) is 0 Å². The van der Waals surface area contributed by atoms with Gasteiger partial charge in [0.15, 0.2) is 0 Å². The van der Waals surface area contributed by atoms with Gasteiger partial charge in [0.2, 0.25) is 10.0 Å². The minimum atomic E-state index is -3.96. The second-order valence-corrected chi connectivity index (χ2v) is 6.87. The third-order valence-corrected chi connectivity index (χ3v) is 4.65. The van der Waals surface area contributed by atoms with Gasteiger partial charge in [-0.3, -0.25) is 4.79 Å². The highest BCUT2D eigenvalue weighted by atomic mass is 35.5. The molecule has 0 bridgehead atoms. The highest BCUT2D eigenvalue weighted by Gasteiger charge is 2.18. The number of nitrogens with one attached hydrogen (secondary N) is 1. The maximum absolute atomic E-state index is 12.0. The lowest BCUT2D eigenvalue weighted by Crippen LogP contribution is -2.25. The van der Waals surface area contributed by atoms with E-state index in [2.05, 4.69) is 12.2 Å². The van der Waals surface area contributed by atoms with E-state index in [1.54, 1.807) is 13.0 Å². The Hall–Kier alpha value is -1.11. The number of benzene rings is 1. The van der Waals surface area contributed by atoms with Crippen LogP contribution in [0.2, 0.25) is 5.02 Å². The van der Waals surface area contributed by atoms with Gasteiger partial charge < -0.3 is 5.32 Å². The van der Waals surface area contributed by atoms with Gasteiger partial charge in [-0.1, -0.05) is 37.8 Å². The third-order valence-electron chi connectivity index (χ3n) is 3.11. The number of hydrogen-bond donors (Lipinski definition) is 2. The van der Waals surface area contributed by atoms with Gasteiger partial charge in [0.1, 0.15) is 4.90 Å². The molecule has 7 heteroatoms. The minimum absolute atomic E-state index is 0.0528. The SMILES string of the molecule is CCCCCCNC(=O)c1cc(C)c(Cl)c(S(N)(=O)=O)c1. The van der Waals surface area contributed by atoms with Gasteiger partial charge in [0.25, 0.3) is 5.91 Å². The summed E-state index contributed by atoms with van der Waals surface area (Å²) in [6.07, 6.45) is 4.21. The van der Waals surface area contributed by atoms with E-state index in [9.17, 15) is 13.2 Å². The number of nitrogens with two attached hydrogens (primary N) is 1. The van der Waals surface area contributed by atoms with Gasteiger partial charge in [0, 0.05) is 12.1 Å². The standard InChI is InChI=1S/C14H21ClN2O3S/c1-3-4-5-6-7-17-14(18)11-8-10(2)13(15)12(9-11)21(16,19)20/h8-9H,3-7H2,1-2H3,(H,17,18)(H2,16,19,20). The zero-order valence-electron chi connectivity index (χ0n) is 12.3. The van der Waals surface area contributed by atoms with Crippen molar-refractivity contribution in [2.75, 3.05) is 6.54 Å². The number of primary sulfonamides is 1. The van der Waals surface area contributed by atoms with Crippen LogP contribution in [0.25, 0.3) is 0 Å². The van der Waals surface area contributed by atoms with Crippen molar-refractivity contribution in [3.8, 4) is 0 Å². The van der Waals surface area contributed by atoms with Crippen LogP contribution in [0.3, 0.4) is 0 Å². The Kier molecular flexibility index (Phi) is 6.64. The van der Waals surface area contributed by atoms with Crippen LogP contribution < -0.4 is 10.5 Å². The summed E-state index contributed by atoms with van der Waals surface area (Å²) in [5.74, 6) is -0.323. The van der Waals surface area contributed by atoms with E-state index in [1.807, 2.05) is 0 Å². The van der Waals surface area contributed by atoms with E-state index in [4.69, 9.17) is 16.7 Å². The molecule has 0 atom stereocenters. The van der Waals surface area contributed by atoms with Crippen LogP contribution in [0.4, 0.5) is 0 Å². The van der Waals surface area contributed by atoms with Crippen molar-refractivity contribution in [1.82, 2.24) is 5.32 Å². The third kappa shape index (κ3) is 5.30. The molecule has 3 N–H and O–H groups in total. The van der Waals surface area contributed by atoms with Gasteiger partial charge in [-0.25, -0.2) is 13.6 Å². The fourth-order valence-corrected chi connectivity index (χ4v) is 3.06. The van der Waals surface area contributed by atoms with Crippen molar-refractivity contribution < 1.29 is 13.2 Å². The second kappa shape index (κ2) is 7.77. The van der Waals surface area contributed by atoms with E-state index in [0.717, 1.165) is 25.7 Å². The number of aryl methyl sites for hydroxylation is 1. The van der Waals surface area contributed by atoms with E-state index in [-0.39, 0.29) is 21.4 Å². The number of hydrogen-bond acceptors (Lipinski definition) is 3. The van der Waals surface area contributed by atoms with Crippen LogP contribution in [0.1, 0.15) is 48.5 Å². The normalized spacial score (nSPS) is 11.4. The van der Waals surface area contributed by atoms with Crippen molar-refractivity contribution in [1.29, 1.82) is 0 Å². The van der Waals surface area contributed by atoms with Crippen LogP contribution in [0.5, 0.6) is 0 Å². The first kappa shape index (κ1) is 17.9. The summed E-state index contributed by atoms with van der Waals surface area (Å²) in [6.45, 7) is 4.31. The van der Waals surface area contributed by atoms with Gasteiger partial charge in [-0.05, 0) is 31.0 Å². The molecule has 118 valence electrons. The molecule has 21 heavy (non-hydrogen) atoms. The topological polar surface area (TPSA) is 89.3 Å². The predicted molar refractivity (Wildman–Crippen MR) is 84.0 cm³/mol. The largest absolute Gasteiger partial charge is 0.352 e. The lowest BCUT2D eigenvalue weighted by Gasteiger charge is -2.10. The number of carbonyl (C=O) groups excluding carboxylic acids is 1. The molecule has 0 saturated carbocycles. The molecule has 0 unspecified atom stereocenters. The molecule has 5 nitrogen and oxygen atoms in total. The predicted octanol–water partition coefficient (Wildman–Crippen LogP) is 2.61. The number of carbonyl (C=O) groups is 1. The second-order valence-electron chi connectivity index (χ2n) is 4.97. The molecule has 0 aliphatic heterocycles. The Morgan fingerprint density at radius 3 is 2.52 bits per heavy atom. The van der Waals surface area contributed by atoms with Crippen LogP contribution in [-0.2, 0) is 10.0 Å². The zero-order chi connectivity index (χ0) is 16.0.